The minimum Gasteiger partial charge on any atom is -0.442 e. The van der Waals surface area contributed by atoms with E-state index in [-0.39, 0.29) is 16.8 Å². The maximum Gasteiger partial charge on any atom is 0.271 e. The van der Waals surface area contributed by atoms with Crippen molar-refractivity contribution >= 4 is 34.3 Å². The van der Waals surface area contributed by atoms with E-state index in [1.807, 2.05) is 18.2 Å². The molecule has 0 saturated heterocycles. The molecule has 0 aliphatic rings. The molecule has 1 aromatic carbocycles. The number of nitriles is 1. The molecular formula is C11H4ClN3O2S. The second-order valence-electron chi connectivity index (χ2n) is 3.33. The molecule has 3 rings (SSSR count). The van der Waals surface area contributed by atoms with Gasteiger partial charge in [0.05, 0.1) is 17.1 Å². The summed E-state index contributed by atoms with van der Waals surface area (Å²) in [4.78, 5) is 0. The van der Waals surface area contributed by atoms with Crippen molar-refractivity contribution in [3.63, 3.8) is 0 Å². The van der Waals surface area contributed by atoms with Crippen LogP contribution >= 0.6 is 23.3 Å². The summed E-state index contributed by atoms with van der Waals surface area (Å²) in [5.74, 6) is 0.563. The molecule has 5 nitrogen and oxygen atoms in total. The Hall–Kier alpha value is -2.10. The van der Waals surface area contributed by atoms with Gasteiger partial charge in [-0.25, -0.2) is 0 Å². The lowest BCUT2D eigenvalue weighted by molar-refractivity contribution is 0.455. The molecule has 88 valence electrons. The molecule has 0 amide bonds. The number of para-hydroxylation sites is 1. The zero-order chi connectivity index (χ0) is 12.5. The van der Waals surface area contributed by atoms with Crippen molar-refractivity contribution in [2.45, 2.75) is 0 Å². The number of aromatic nitrogens is 2. The zero-order valence-corrected chi connectivity index (χ0v) is 10.3. The highest BCUT2D eigenvalue weighted by Gasteiger charge is 2.18. The van der Waals surface area contributed by atoms with E-state index in [9.17, 15) is 0 Å². The highest BCUT2D eigenvalue weighted by atomic mass is 35.5. The van der Waals surface area contributed by atoms with Crippen LogP contribution in [0.15, 0.2) is 28.7 Å². The Morgan fingerprint density at radius 3 is 2.89 bits per heavy atom. The summed E-state index contributed by atoms with van der Waals surface area (Å²) in [6.45, 7) is 0. The van der Waals surface area contributed by atoms with Crippen LogP contribution in [0.25, 0.3) is 11.0 Å². The van der Waals surface area contributed by atoms with E-state index in [4.69, 9.17) is 26.0 Å². The molecule has 0 fully saturated rings. The van der Waals surface area contributed by atoms with Gasteiger partial charge in [0, 0.05) is 0 Å². The van der Waals surface area contributed by atoms with Gasteiger partial charge in [0.15, 0.2) is 5.75 Å². The van der Waals surface area contributed by atoms with Crippen LogP contribution in [-0.4, -0.2) is 8.75 Å². The van der Waals surface area contributed by atoms with Crippen molar-refractivity contribution in [1.29, 1.82) is 5.26 Å². The van der Waals surface area contributed by atoms with Crippen molar-refractivity contribution in [2.75, 3.05) is 0 Å². The highest BCUT2D eigenvalue weighted by molar-refractivity contribution is 6.99. The third-order valence-electron chi connectivity index (χ3n) is 2.27. The molecule has 0 saturated carbocycles. The average molecular weight is 278 g/mol. The van der Waals surface area contributed by atoms with Gasteiger partial charge in [-0.15, -0.1) is 4.37 Å². The third kappa shape index (κ3) is 1.70. The summed E-state index contributed by atoms with van der Waals surface area (Å²) in [6, 6.07) is 9.13. The monoisotopic (exact) mass is 277 g/mol. The molecule has 0 radical (unpaired) electrons. The topological polar surface area (TPSA) is 71.9 Å². The van der Waals surface area contributed by atoms with Gasteiger partial charge in [-0.3, -0.25) is 0 Å². The molecule has 0 atom stereocenters. The minimum absolute atomic E-state index is 0.0836. The van der Waals surface area contributed by atoms with Crippen LogP contribution in [0.4, 0.5) is 0 Å². The molecule has 18 heavy (non-hydrogen) atoms. The van der Waals surface area contributed by atoms with Crippen LogP contribution in [0.5, 0.6) is 11.6 Å². The van der Waals surface area contributed by atoms with Crippen LogP contribution in [0, 0.1) is 11.3 Å². The number of hydrogen-bond donors (Lipinski definition) is 0. The fourth-order valence-electron chi connectivity index (χ4n) is 1.52. The van der Waals surface area contributed by atoms with Crippen molar-refractivity contribution < 1.29 is 9.15 Å². The summed E-state index contributed by atoms with van der Waals surface area (Å²) in [6.07, 6.45) is 0. The summed E-state index contributed by atoms with van der Waals surface area (Å²) in [5, 5.41) is 9.88. The summed E-state index contributed by atoms with van der Waals surface area (Å²) in [5.41, 5.74) is 0.573. The first-order chi connectivity index (χ1) is 8.79. The largest absolute Gasteiger partial charge is 0.442 e. The van der Waals surface area contributed by atoms with Crippen molar-refractivity contribution in [1.82, 2.24) is 8.75 Å². The van der Waals surface area contributed by atoms with E-state index in [2.05, 4.69) is 8.75 Å². The molecule has 0 aliphatic carbocycles. The number of halogens is 1. The molecule has 2 heterocycles. The summed E-state index contributed by atoms with van der Waals surface area (Å²) >= 11 is 6.74. The molecule has 0 spiro atoms. The van der Waals surface area contributed by atoms with E-state index < -0.39 is 0 Å². The fourth-order valence-corrected chi connectivity index (χ4v) is 2.14. The first kappa shape index (κ1) is 11.0. The Labute approximate surface area is 111 Å². The lowest BCUT2D eigenvalue weighted by atomic mass is 10.2. The van der Waals surface area contributed by atoms with Crippen LogP contribution in [-0.2, 0) is 0 Å². The Kier molecular flexibility index (Phi) is 2.63. The smallest absolute Gasteiger partial charge is 0.271 e. The number of rotatable bonds is 2. The van der Waals surface area contributed by atoms with Gasteiger partial charge >= 0.3 is 0 Å². The Morgan fingerprint density at radius 1 is 1.33 bits per heavy atom. The zero-order valence-electron chi connectivity index (χ0n) is 8.75. The first-order valence-corrected chi connectivity index (χ1v) is 5.98. The number of nitrogens with zero attached hydrogens (tertiary/aromatic N) is 3. The normalized spacial score (nSPS) is 10.4. The number of benzene rings is 1. The van der Waals surface area contributed by atoms with Crippen molar-refractivity contribution in [3.8, 4) is 17.7 Å². The maximum atomic E-state index is 9.03. The molecule has 3 aromatic rings. The van der Waals surface area contributed by atoms with Crippen LogP contribution in [0.2, 0.25) is 5.15 Å². The van der Waals surface area contributed by atoms with Crippen LogP contribution in [0.1, 0.15) is 5.76 Å². The molecule has 7 heteroatoms. The Balaban J connectivity index is 2.16. The van der Waals surface area contributed by atoms with E-state index in [1.54, 1.807) is 12.1 Å². The minimum atomic E-state index is 0.0836. The number of hydrogen-bond acceptors (Lipinski definition) is 6. The highest BCUT2D eigenvalue weighted by Crippen LogP contribution is 2.37. The number of furan rings is 1. The molecule has 2 aromatic heterocycles. The average Bonchev–Trinajstić information content (AvgIpc) is 2.95. The molecular weight excluding hydrogens is 274 g/mol. The second kappa shape index (κ2) is 4.29. The van der Waals surface area contributed by atoms with Gasteiger partial charge < -0.3 is 9.15 Å². The van der Waals surface area contributed by atoms with Crippen LogP contribution < -0.4 is 4.74 Å². The van der Waals surface area contributed by atoms with Gasteiger partial charge in [0.1, 0.15) is 11.7 Å². The lowest BCUT2D eigenvalue weighted by Crippen LogP contribution is -1.85. The van der Waals surface area contributed by atoms with Gasteiger partial charge in [-0.05, 0) is 12.1 Å². The first-order valence-electron chi connectivity index (χ1n) is 4.87. The molecule has 0 bridgehead atoms. The van der Waals surface area contributed by atoms with E-state index >= 15 is 0 Å². The van der Waals surface area contributed by atoms with Gasteiger partial charge in [0.25, 0.3) is 5.88 Å². The van der Waals surface area contributed by atoms with Crippen LogP contribution in [0.3, 0.4) is 0 Å². The number of fused-ring (bicyclic) bond motifs is 1. The van der Waals surface area contributed by atoms with Gasteiger partial charge in [-0.2, -0.15) is 9.64 Å². The Morgan fingerprint density at radius 2 is 2.17 bits per heavy atom. The molecule has 0 N–H and O–H groups in total. The van der Waals surface area contributed by atoms with Gasteiger partial charge in [0.2, 0.25) is 10.9 Å². The standard InChI is InChI=1S/C11H4ClN3O2S/c12-10-11(15-18-14-10)17-9-6-3-1-2-4-7(6)16-8(9)5-13/h1-4H. The quantitative estimate of drug-likeness (QED) is 0.715. The van der Waals surface area contributed by atoms with E-state index in [0.29, 0.717) is 16.7 Å². The van der Waals surface area contributed by atoms with Crippen molar-refractivity contribution in [3.05, 3.63) is 35.2 Å². The van der Waals surface area contributed by atoms with E-state index in [0.717, 1.165) is 11.7 Å². The summed E-state index contributed by atoms with van der Waals surface area (Å²) < 4.78 is 18.6. The van der Waals surface area contributed by atoms with Gasteiger partial charge in [-0.1, -0.05) is 23.7 Å². The predicted molar refractivity (Wildman–Crippen MR) is 65.9 cm³/mol. The molecule has 0 unspecified atom stereocenters. The second-order valence-corrected chi connectivity index (χ2v) is 4.22. The Bertz CT molecular complexity index is 759. The maximum absolute atomic E-state index is 9.03. The van der Waals surface area contributed by atoms with E-state index in [1.165, 1.54) is 0 Å². The predicted octanol–water partition coefficient (Wildman–Crippen LogP) is 3.60. The number of ether oxygens (including phenoxy) is 1. The SMILES string of the molecule is N#Cc1oc2ccccc2c1Oc1nsnc1Cl. The third-order valence-corrected chi connectivity index (χ3v) is 3.13. The fraction of sp³-hybridized carbons (Fsp3) is 0. The van der Waals surface area contributed by atoms with Crippen molar-refractivity contribution in [2.24, 2.45) is 0 Å². The molecule has 0 aliphatic heterocycles. The lowest BCUT2D eigenvalue weighted by Gasteiger charge is -1.99. The summed E-state index contributed by atoms with van der Waals surface area (Å²) in [7, 11) is 0.